The molecule has 0 unspecified atom stereocenters. The van der Waals surface area contributed by atoms with Crippen molar-refractivity contribution in [1.29, 1.82) is 0 Å². The minimum Gasteiger partial charge on any atom is -0.490 e. The van der Waals surface area contributed by atoms with Crippen LogP contribution in [0.15, 0.2) is 84.9 Å². The molecule has 0 aromatic heterocycles. The van der Waals surface area contributed by atoms with Gasteiger partial charge in [-0.05, 0) is 43.3 Å². The molecule has 3 aromatic rings. The fourth-order valence-electron chi connectivity index (χ4n) is 2.92. The minimum absolute atomic E-state index is 0.0151. The third-order valence-electron chi connectivity index (χ3n) is 4.33. The van der Waals surface area contributed by atoms with Crippen molar-refractivity contribution in [2.24, 2.45) is 0 Å². The Morgan fingerprint density at radius 2 is 1.45 bits per heavy atom. The quantitative estimate of drug-likeness (QED) is 0.514. The average Bonchev–Trinajstić information content (AvgIpc) is 2.78. The van der Waals surface area contributed by atoms with E-state index >= 15 is 0 Å². The summed E-state index contributed by atoms with van der Waals surface area (Å²) in [6.45, 7) is 3.70. The first kappa shape index (κ1) is 20.3. The summed E-state index contributed by atoms with van der Waals surface area (Å²) in [6, 6.07) is 26.9. The van der Waals surface area contributed by atoms with Crippen LogP contribution in [0.2, 0.25) is 0 Å². The maximum absolute atomic E-state index is 12.6. The van der Waals surface area contributed by atoms with Gasteiger partial charge in [-0.25, -0.2) is 0 Å². The number of anilines is 2. The van der Waals surface area contributed by atoms with Crippen molar-refractivity contribution in [3.8, 4) is 11.5 Å². The summed E-state index contributed by atoms with van der Waals surface area (Å²) in [4.78, 5) is 14.4. The lowest BCUT2D eigenvalue weighted by Gasteiger charge is -2.21. The monoisotopic (exact) mass is 390 g/mol. The van der Waals surface area contributed by atoms with Crippen molar-refractivity contribution in [3.63, 3.8) is 0 Å². The molecular weight excluding hydrogens is 364 g/mol. The molecular formula is C24H26N2O3. The van der Waals surface area contributed by atoms with Crippen molar-refractivity contribution in [2.75, 3.05) is 36.5 Å². The zero-order valence-corrected chi connectivity index (χ0v) is 16.6. The average molecular weight is 390 g/mol. The molecule has 5 nitrogen and oxygen atoms in total. The zero-order valence-electron chi connectivity index (χ0n) is 16.6. The van der Waals surface area contributed by atoms with Gasteiger partial charge in [0.05, 0.1) is 6.54 Å². The third-order valence-corrected chi connectivity index (χ3v) is 4.33. The van der Waals surface area contributed by atoms with Crippen molar-refractivity contribution < 1.29 is 14.3 Å². The predicted molar refractivity (Wildman–Crippen MR) is 117 cm³/mol. The Balaban J connectivity index is 1.47. The number of carbonyl (C=O) groups is 1. The first-order valence-electron chi connectivity index (χ1n) is 9.76. The van der Waals surface area contributed by atoms with Crippen LogP contribution in [0.5, 0.6) is 11.5 Å². The van der Waals surface area contributed by atoms with Crippen molar-refractivity contribution in [2.45, 2.75) is 6.92 Å². The SMILES string of the molecule is CCN(C(=O)CNc1cccc(OCCOc2ccccc2)c1)c1ccccc1. The van der Waals surface area contributed by atoms with E-state index in [0.29, 0.717) is 19.8 Å². The number of benzene rings is 3. The molecule has 5 heteroatoms. The van der Waals surface area contributed by atoms with Gasteiger partial charge in [0.15, 0.2) is 0 Å². The van der Waals surface area contributed by atoms with E-state index in [0.717, 1.165) is 22.9 Å². The molecule has 0 saturated carbocycles. The molecule has 150 valence electrons. The Labute approximate surface area is 171 Å². The van der Waals surface area contributed by atoms with E-state index in [2.05, 4.69) is 5.32 Å². The fraction of sp³-hybridized carbons (Fsp3) is 0.208. The second-order valence-corrected chi connectivity index (χ2v) is 6.36. The highest BCUT2D eigenvalue weighted by atomic mass is 16.5. The number of hydrogen-bond donors (Lipinski definition) is 1. The Bertz CT molecular complexity index is 885. The van der Waals surface area contributed by atoms with Gasteiger partial charge >= 0.3 is 0 Å². The van der Waals surface area contributed by atoms with Crippen LogP contribution in [0.3, 0.4) is 0 Å². The normalized spacial score (nSPS) is 10.2. The smallest absolute Gasteiger partial charge is 0.246 e. The number of rotatable bonds is 10. The van der Waals surface area contributed by atoms with Gasteiger partial charge in [0.25, 0.3) is 0 Å². The molecule has 0 atom stereocenters. The predicted octanol–water partition coefficient (Wildman–Crippen LogP) is 4.61. The van der Waals surface area contributed by atoms with E-state index < -0.39 is 0 Å². The van der Waals surface area contributed by atoms with Gasteiger partial charge in [-0.1, -0.05) is 42.5 Å². The molecule has 0 aliphatic rings. The van der Waals surface area contributed by atoms with Gasteiger partial charge in [0.1, 0.15) is 24.7 Å². The van der Waals surface area contributed by atoms with Crippen LogP contribution >= 0.6 is 0 Å². The number of nitrogens with one attached hydrogen (secondary N) is 1. The van der Waals surface area contributed by atoms with Gasteiger partial charge in [0.2, 0.25) is 5.91 Å². The fourth-order valence-corrected chi connectivity index (χ4v) is 2.92. The summed E-state index contributed by atoms with van der Waals surface area (Å²) in [5.41, 5.74) is 1.74. The van der Waals surface area contributed by atoms with Crippen LogP contribution in [-0.2, 0) is 4.79 Å². The second-order valence-electron chi connectivity index (χ2n) is 6.36. The van der Waals surface area contributed by atoms with E-state index in [-0.39, 0.29) is 12.5 Å². The van der Waals surface area contributed by atoms with Gasteiger partial charge < -0.3 is 19.7 Å². The van der Waals surface area contributed by atoms with E-state index in [4.69, 9.17) is 9.47 Å². The molecule has 0 aliphatic heterocycles. The number of para-hydroxylation sites is 2. The molecule has 3 rings (SSSR count). The highest BCUT2D eigenvalue weighted by Gasteiger charge is 2.13. The van der Waals surface area contributed by atoms with E-state index in [1.165, 1.54) is 0 Å². The number of likely N-dealkylation sites (N-methyl/N-ethyl adjacent to an activating group) is 1. The molecule has 0 aliphatic carbocycles. The Morgan fingerprint density at radius 1 is 0.828 bits per heavy atom. The minimum atomic E-state index is 0.0151. The second kappa shape index (κ2) is 10.8. The van der Waals surface area contributed by atoms with E-state index in [1.54, 1.807) is 4.90 Å². The highest BCUT2D eigenvalue weighted by molar-refractivity contribution is 5.96. The lowest BCUT2D eigenvalue weighted by molar-refractivity contribution is -0.116. The molecule has 0 spiro atoms. The molecule has 0 saturated heterocycles. The zero-order chi connectivity index (χ0) is 20.3. The van der Waals surface area contributed by atoms with Crippen LogP contribution in [-0.4, -0.2) is 32.2 Å². The lowest BCUT2D eigenvalue weighted by atomic mass is 10.2. The van der Waals surface area contributed by atoms with Crippen LogP contribution < -0.4 is 19.7 Å². The summed E-state index contributed by atoms with van der Waals surface area (Å²) in [5, 5.41) is 3.18. The Kier molecular flexibility index (Phi) is 7.52. The van der Waals surface area contributed by atoms with Crippen LogP contribution in [0.1, 0.15) is 6.92 Å². The first-order chi connectivity index (χ1) is 14.3. The molecule has 3 aromatic carbocycles. The molecule has 1 N–H and O–H groups in total. The largest absolute Gasteiger partial charge is 0.490 e. The number of hydrogen-bond acceptors (Lipinski definition) is 4. The topological polar surface area (TPSA) is 50.8 Å². The van der Waals surface area contributed by atoms with Crippen LogP contribution in [0.4, 0.5) is 11.4 Å². The molecule has 0 bridgehead atoms. The molecule has 0 heterocycles. The van der Waals surface area contributed by atoms with Gasteiger partial charge in [-0.15, -0.1) is 0 Å². The third kappa shape index (κ3) is 6.28. The van der Waals surface area contributed by atoms with Crippen molar-refractivity contribution in [1.82, 2.24) is 0 Å². The standard InChI is InChI=1S/C24H26N2O3/c1-2-26(21-11-5-3-6-12-21)24(27)19-25-20-10-9-15-23(18-20)29-17-16-28-22-13-7-4-8-14-22/h3-15,18,25H,2,16-17,19H2,1H3. The molecule has 0 fully saturated rings. The summed E-state index contributed by atoms with van der Waals surface area (Å²) in [5.74, 6) is 1.57. The molecule has 29 heavy (non-hydrogen) atoms. The van der Waals surface area contributed by atoms with Gasteiger partial charge in [0, 0.05) is 24.0 Å². The summed E-state index contributed by atoms with van der Waals surface area (Å²) < 4.78 is 11.4. The number of ether oxygens (including phenoxy) is 2. The van der Waals surface area contributed by atoms with Gasteiger partial charge in [-0.3, -0.25) is 4.79 Å². The maximum Gasteiger partial charge on any atom is 0.246 e. The van der Waals surface area contributed by atoms with Crippen molar-refractivity contribution >= 4 is 17.3 Å². The number of carbonyl (C=O) groups excluding carboxylic acids is 1. The number of nitrogens with zero attached hydrogens (tertiary/aromatic N) is 1. The highest BCUT2D eigenvalue weighted by Crippen LogP contribution is 2.18. The maximum atomic E-state index is 12.6. The van der Waals surface area contributed by atoms with Gasteiger partial charge in [-0.2, -0.15) is 0 Å². The Morgan fingerprint density at radius 3 is 2.14 bits per heavy atom. The summed E-state index contributed by atoms with van der Waals surface area (Å²) in [6.07, 6.45) is 0. The van der Waals surface area contributed by atoms with E-state index in [9.17, 15) is 4.79 Å². The summed E-state index contributed by atoms with van der Waals surface area (Å²) in [7, 11) is 0. The molecule has 0 radical (unpaired) electrons. The number of amides is 1. The first-order valence-corrected chi connectivity index (χ1v) is 9.76. The lowest BCUT2D eigenvalue weighted by Crippen LogP contribution is -2.35. The molecule has 1 amide bonds. The van der Waals surface area contributed by atoms with Crippen LogP contribution in [0.25, 0.3) is 0 Å². The van der Waals surface area contributed by atoms with Crippen molar-refractivity contribution in [3.05, 3.63) is 84.9 Å². The Hall–Kier alpha value is -3.47. The summed E-state index contributed by atoms with van der Waals surface area (Å²) >= 11 is 0. The van der Waals surface area contributed by atoms with Crippen LogP contribution in [0, 0.1) is 0 Å². The van der Waals surface area contributed by atoms with E-state index in [1.807, 2.05) is 91.9 Å².